The van der Waals surface area contributed by atoms with Crippen molar-refractivity contribution in [2.24, 2.45) is 0 Å². The molecule has 0 heterocycles. The molecular weight excluding hydrogens is 353 g/mol. The zero-order chi connectivity index (χ0) is 17.7. The Morgan fingerprint density at radius 2 is 1.79 bits per heavy atom. The van der Waals surface area contributed by atoms with E-state index in [1.807, 2.05) is 0 Å². The molecule has 1 N–H and O–H groups in total. The Bertz CT molecular complexity index is 868. The van der Waals surface area contributed by atoms with Gasteiger partial charge in [0.25, 0.3) is 11.6 Å². The number of hydrogen-bond acceptors (Lipinski definition) is 4. The van der Waals surface area contributed by atoms with Crippen molar-refractivity contribution in [2.75, 3.05) is 5.32 Å². The third-order valence-electron chi connectivity index (χ3n) is 3.00. The maximum Gasteiger partial charge on any atom is 0.276 e. The van der Waals surface area contributed by atoms with Crippen LogP contribution in [0.4, 0.5) is 11.4 Å². The van der Waals surface area contributed by atoms with Crippen molar-refractivity contribution in [3.05, 3.63) is 73.8 Å². The van der Waals surface area contributed by atoms with E-state index in [-0.39, 0.29) is 32.6 Å². The predicted octanol–water partition coefficient (Wildman–Crippen LogP) is 4.45. The number of nitro benzene ring substituents is 1. The highest BCUT2D eigenvalue weighted by Gasteiger charge is 2.16. The Morgan fingerprint density at radius 1 is 1.17 bits per heavy atom. The van der Waals surface area contributed by atoms with Crippen molar-refractivity contribution in [3.63, 3.8) is 0 Å². The van der Waals surface area contributed by atoms with Crippen LogP contribution in [0.3, 0.4) is 0 Å². The van der Waals surface area contributed by atoms with Gasteiger partial charge in [-0.3, -0.25) is 14.9 Å². The molecule has 1 amide bonds. The van der Waals surface area contributed by atoms with Crippen LogP contribution in [0.15, 0.2) is 48.0 Å². The summed E-state index contributed by atoms with van der Waals surface area (Å²) in [6.45, 7) is 0. The van der Waals surface area contributed by atoms with Gasteiger partial charge in [-0.15, -0.1) is 0 Å². The number of halogens is 2. The van der Waals surface area contributed by atoms with Crippen molar-refractivity contribution in [3.8, 4) is 6.07 Å². The lowest BCUT2D eigenvalue weighted by molar-refractivity contribution is -0.385. The lowest BCUT2D eigenvalue weighted by Crippen LogP contribution is -2.14. The van der Waals surface area contributed by atoms with Crippen LogP contribution in [0, 0.1) is 21.4 Å². The van der Waals surface area contributed by atoms with Gasteiger partial charge >= 0.3 is 0 Å². The number of amides is 1. The zero-order valence-corrected chi connectivity index (χ0v) is 13.5. The number of benzene rings is 2. The third-order valence-corrected chi connectivity index (χ3v) is 3.63. The SMILES string of the molecule is N#CC(=Cc1ccccc1[N+](=O)[O-])C(=O)Nc1c(Cl)cccc1Cl. The molecule has 0 spiro atoms. The summed E-state index contributed by atoms with van der Waals surface area (Å²) in [4.78, 5) is 22.7. The van der Waals surface area contributed by atoms with E-state index in [9.17, 15) is 20.2 Å². The van der Waals surface area contributed by atoms with Crippen molar-refractivity contribution in [2.45, 2.75) is 0 Å². The highest BCUT2D eigenvalue weighted by Crippen LogP contribution is 2.30. The fourth-order valence-electron chi connectivity index (χ4n) is 1.88. The van der Waals surface area contributed by atoms with E-state index in [0.717, 1.165) is 6.08 Å². The topological polar surface area (TPSA) is 96.0 Å². The number of anilines is 1. The number of nitro groups is 1. The maximum atomic E-state index is 12.2. The van der Waals surface area contributed by atoms with E-state index in [1.54, 1.807) is 18.2 Å². The first-order valence-electron chi connectivity index (χ1n) is 6.54. The normalized spacial score (nSPS) is 10.8. The highest BCUT2D eigenvalue weighted by atomic mass is 35.5. The molecule has 0 atom stereocenters. The number of para-hydroxylation sites is 2. The molecule has 0 aliphatic carbocycles. The third kappa shape index (κ3) is 3.90. The predicted molar refractivity (Wildman–Crippen MR) is 91.8 cm³/mol. The minimum absolute atomic E-state index is 0.138. The van der Waals surface area contributed by atoms with E-state index in [1.165, 1.54) is 30.3 Å². The number of nitrogens with zero attached hydrogens (tertiary/aromatic N) is 2. The summed E-state index contributed by atoms with van der Waals surface area (Å²) in [6, 6.07) is 12.2. The summed E-state index contributed by atoms with van der Waals surface area (Å²) in [6.07, 6.45) is 1.14. The molecule has 24 heavy (non-hydrogen) atoms. The number of hydrogen-bond donors (Lipinski definition) is 1. The van der Waals surface area contributed by atoms with E-state index in [2.05, 4.69) is 5.32 Å². The van der Waals surface area contributed by atoms with Crippen LogP contribution in [0.5, 0.6) is 0 Å². The average molecular weight is 362 g/mol. The van der Waals surface area contributed by atoms with E-state index >= 15 is 0 Å². The molecule has 120 valence electrons. The standard InChI is InChI=1S/C16H9Cl2N3O3/c17-12-5-3-6-13(18)15(12)20-16(22)11(9-19)8-10-4-1-2-7-14(10)21(23)24/h1-8H,(H,20,22). The molecule has 6 nitrogen and oxygen atoms in total. The first-order valence-corrected chi connectivity index (χ1v) is 7.30. The van der Waals surface area contributed by atoms with Gasteiger partial charge < -0.3 is 5.32 Å². The molecule has 0 radical (unpaired) electrons. The van der Waals surface area contributed by atoms with Gasteiger partial charge in [-0.25, -0.2) is 0 Å². The van der Waals surface area contributed by atoms with Gasteiger partial charge in [-0.2, -0.15) is 5.26 Å². The van der Waals surface area contributed by atoms with Crippen LogP contribution in [-0.4, -0.2) is 10.8 Å². The Balaban J connectivity index is 2.37. The van der Waals surface area contributed by atoms with Crippen LogP contribution < -0.4 is 5.32 Å². The Kier molecular flexibility index (Phi) is 5.53. The molecule has 0 aliphatic rings. The molecule has 2 aromatic carbocycles. The second kappa shape index (κ2) is 7.59. The van der Waals surface area contributed by atoms with Gasteiger partial charge in [0.15, 0.2) is 0 Å². The average Bonchev–Trinajstić information content (AvgIpc) is 2.56. The lowest BCUT2D eigenvalue weighted by atomic mass is 10.1. The monoisotopic (exact) mass is 361 g/mol. The minimum Gasteiger partial charge on any atom is -0.319 e. The maximum absolute atomic E-state index is 12.2. The van der Waals surface area contributed by atoms with Crippen molar-refractivity contribution >= 4 is 46.6 Å². The van der Waals surface area contributed by atoms with Gasteiger partial charge in [-0.05, 0) is 24.3 Å². The molecular formula is C16H9Cl2N3O3. The lowest BCUT2D eigenvalue weighted by Gasteiger charge is -2.08. The summed E-state index contributed by atoms with van der Waals surface area (Å²) in [7, 11) is 0. The molecule has 0 saturated carbocycles. The fourth-order valence-corrected chi connectivity index (χ4v) is 2.37. The first-order chi connectivity index (χ1) is 11.4. The Morgan fingerprint density at radius 3 is 2.38 bits per heavy atom. The molecule has 0 aromatic heterocycles. The number of nitriles is 1. The molecule has 0 saturated heterocycles. The van der Waals surface area contributed by atoms with Gasteiger partial charge in [0.1, 0.15) is 11.6 Å². The molecule has 0 unspecified atom stereocenters. The number of rotatable bonds is 4. The number of carbonyl (C=O) groups is 1. The van der Waals surface area contributed by atoms with Crippen LogP contribution in [0.25, 0.3) is 6.08 Å². The van der Waals surface area contributed by atoms with E-state index in [0.29, 0.717) is 0 Å². The van der Waals surface area contributed by atoms with Crippen molar-refractivity contribution < 1.29 is 9.72 Å². The van der Waals surface area contributed by atoms with Gasteiger partial charge in [-0.1, -0.05) is 41.4 Å². The van der Waals surface area contributed by atoms with Gasteiger partial charge in [0.2, 0.25) is 0 Å². The molecule has 8 heteroatoms. The molecule has 0 fully saturated rings. The summed E-state index contributed by atoms with van der Waals surface area (Å²) >= 11 is 11.9. The van der Waals surface area contributed by atoms with Crippen LogP contribution in [0.1, 0.15) is 5.56 Å². The van der Waals surface area contributed by atoms with Crippen LogP contribution in [-0.2, 0) is 4.79 Å². The molecule has 0 bridgehead atoms. The molecule has 2 rings (SSSR count). The summed E-state index contributed by atoms with van der Waals surface area (Å²) < 4.78 is 0. The Hall–Kier alpha value is -2.88. The minimum atomic E-state index is -0.773. The molecule has 2 aromatic rings. The van der Waals surface area contributed by atoms with Crippen LogP contribution >= 0.6 is 23.2 Å². The van der Waals surface area contributed by atoms with Crippen LogP contribution in [0.2, 0.25) is 10.0 Å². The molecule has 0 aliphatic heterocycles. The largest absolute Gasteiger partial charge is 0.319 e. The second-order valence-electron chi connectivity index (χ2n) is 4.54. The van der Waals surface area contributed by atoms with Crippen molar-refractivity contribution in [1.82, 2.24) is 0 Å². The van der Waals surface area contributed by atoms with E-state index in [4.69, 9.17) is 23.2 Å². The summed E-state index contributed by atoms with van der Waals surface area (Å²) in [5.41, 5.74) is -0.233. The first kappa shape index (κ1) is 17.5. The Labute approximate surface area is 147 Å². The van der Waals surface area contributed by atoms with Gasteiger partial charge in [0, 0.05) is 6.07 Å². The highest BCUT2D eigenvalue weighted by molar-refractivity contribution is 6.40. The number of carbonyl (C=O) groups excluding carboxylic acids is 1. The summed E-state index contributed by atoms with van der Waals surface area (Å²) in [5.74, 6) is -0.773. The van der Waals surface area contributed by atoms with Gasteiger partial charge in [0.05, 0.1) is 26.2 Å². The number of nitrogens with one attached hydrogen (secondary N) is 1. The fraction of sp³-hybridized carbons (Fsp3) is 0. The second-order valence-corrected chi connectivity index (χ2v) is 5.35. The quantitative estimate of drug-likeness (QED) is 0.376. The smallest absolute Gasteiger partial charge is 0.276 e. The summed E-state index contributed by atoms with van der Waals surface area (Å²) in [5, 5.41) is 23.0. The zero-order valence-electron chi connectivity index (χ0n) is 12.0. The van der Waals surface area contributed by atoms with E-state index < -0.39 is 10.8 Å². The van der Waals surface area contributed by atoms with Crippen molar-refractivity contribution in [1.29, 1.82) is 5.26 Å².